The van der Waals surface area contributed by atoms with Gasteiger partial charge in [-0.05, 0) is 26.3 Å². The molecule has 0 amide bonds. The number of rotatable bonds is 8. The highest BCUT2D eigenvalue weighted by atomic mass is 16.5. The minimum absolute atomic E-state index is 0.138. The molecule has 0 radical (unpaired) electrons. The molecule has 4 nitrogen and oxygen atoms in total. The van der Waals surface area contributed by atoms with Crippen LogP contribution in [0, 0.1) is 0 Å². The molecule has 0 aromatic carbocycles. The maximum absolute atomic E-state index is 6.08. The third-order valence-electron chi connectivity index (χ3n) is 3.48. The highest BCUT2D eigenvalue weighted by Gasteiger charge is 2.37. The van der Waals surface area contributed by atoms with Gasteiger partial charge in [-0.3, -0.25) is 0 Å². The number of likely N-dealkylation sites (N-methyl/N-ethyl adjacent to an activating group) is 1. The van der Waals surface area contributed by atoms with E-state index in [1.54, 1.807) is 6.33 Å². The fourth-order valence-electron chi connectivity index (χ4n) is 2.50. The molecule has 0 aliphatic rings. The van der Waals surface area contributed by atoms with Crippen LogP contribution >= 0.6 is 0 Å². The van der Waals surface area contributed by atoms with Gasteiger partial charge in [-0.15, -0.1) is 0 Å². The van der Waals surface area contributed by atoms with Crippen molar-refractivity contribution >= 4 is 0 Å². The van der Waals surface area contributed by atoms with Gasteiger partial charge < -0.3 is 10.1 Å². The predicted octanol–water partition coefficient (Wildman–Crippen LogP) is 2.72. The highest BCUT2D eigenvalue weighted by molar-refractivity contribution is 5.15. The standard InChI is InChI=1S/C14H25N3O/c1-5-14(6-2,18-8-4)13(17-7-3)12-9-15-11-16-10-12/h9-11,13,17H,5-8H2,1-4H3. The molecule has 18 heavy (non-hydrogen) atoms. The smallest absolute Gasteiger partial charge is 0.115 e. The third kappa shape index (κ3) is 3.27. The van der Waals surface area contributed by atoms with Gasteiger partial charge in [-0.1, -0.05) is 20.8 Å². The van der Waals surface area contributed by atoms with E-state index in [9.17, 15) is 0 Å². The quantitative estimate of drug-likeness (QED) is 0.771. The van der Waals surface area contributed by atoms with Gasteiger partial charge in [0.25, 0.3) is 0 Å². The van der Waals surface area contributed by atoms with Crippen molar-refractivity contribution in [1.29, 1.82) is 0 Å². The van der Waals surface area contributed by atoms with Gasteiger partial charge in [0.15, 0.2) is 0 Å². The second-order valence-electron chi connectivity index (χ2n) is 4.37. The molecule has 0 saturated heterocycles. The molecular formula is C14H25N3O. The summed E-state index contributed by atoms with van der Waals surface area (Å²) in [4.78, 5) is 8.25. The lowest BCUT2D eigenvalue weighted by molar-refractivity contribution is -0.0731. The number of nitrogens with zero attached hydrogens (tertiary/aromatic N) is 2. The topological polar surface area (TPSA) is 47.0 Å². The van der Waals surface area contributed by atoms with Crippen LogP contribution in [0.15, 0.2) is 18.7 Å². The van der Waals surface area contributed by atoms with Crippen molar-refractivity contribution in [2.75, 3.05) is 13.2 Å². The molecule has 1 rings (SSSR count). The van der Waals surface area contributed by atoms with Crippen molar-refractivity contribution < 1.29 is 4.74 Å². The van der Waals surface area contributed by atoms with Crippen LogP contribution < -0.4 is 5.32 Å². The summed E-state index contributed by atoms with van der Waals surface area (Å²) in [6, 6.07) is 0.138. The van der Waals surface area contributed by atoms with Crippen molar-refractivity contribution in [3.8, 4) is 0 Å². The van der Waals surface area contributed by atoms with Crippen molar-refractivity contribution in [3.05, 3.63) is 24.3 Å². The zero-order valence-electron chi connectivity index (χ0n) is 11.9. The Morgan fingerprint density at radius 2 is 1.78 bits per heavy atom. The molecule has 102 valence electrons. The Hall–Kier alpha value is -1.00. The van der Waals surface area contributed by atoms with E-state index in [1.165, 1.54) is 0 Å². The molecule has 1 heterocycles. The Balaban J connectivity index is 3.08. The van der Waals surface area contributed by atoms with E-state index in [1.807, 2.05) is 19.3 Å². The Bertz CT molecular complexity index is 325. The lowest BCUT2D eigenvalue weighted by Gasteiger charge is -2.39. The molecule has 4 heteroatoms. The lowest BCUT2D eigenvalue weighted by Crippen LogP contribution is -2.45. The molecule has 0 fully saturated rings. The van der Waals surface area contributed by atoms with Gasteiger partial charge >= 0.3 is 0 Å². The van der Waals surface area contributed by atoms with Crippen molar-refractivity contribution in [2.45, 2.75) is 52.2 Å². The summed E-state index contributed by atoms with van der Waals surface area (Å²) in [5, 5.41) is 3.52. The molecule has 0 aliphatic carbocycles. The van der Waals surface area contributed by atoms with Crippen LogP contribution in [0.2, 0.25) is 0 Å². The minimum Gasteiger partial charge on any atom is -0.373 e. The molecule has 1 atom stereocenters. The van der Waals surface area contributed by atoms with Crippen LogP contribution in [0.4, 0.5) is 0 Å². The monoisotopic (exact) mass is 251 g/mol. The van der Waals surface area contributed by atoms with E-state index in [2.05, 4.69) is 36.1 Å². The second-order valence-corrected chi connectivity index (χ2v) is 4.37. The number of ether oxygens (including phenoxy) is 1. The maximum Gasteiger partial charge on any atom is 0.115 e. The zero-order valence-corrected chi connectivity index (χ0v) is 11.9. The molecule has 0 saturated carbocycles. The molecule has 1 aromatic heterocycles. The van der Waals surface area contributed by atoms with Crippen LogP contribution in [-0.4, -0.2) is 28.7 Å². The number of aromatic nitrogens is 2. The van der Waals surface area contributed by atoms with E-state index in [4.69, 9.17) is 4.74 Å². The van der Waals surface area contributed by atoms with Gasteiger partial charge in [0.1, 0.15) is 6.33 Å². The van der Waals surface area contributed by atoms with E-state index < -0.39 is 0 Å². The van der Waals surface area contributed by atoms with Gasteiger partial charge in [0.05, 0.1) is 11.6 Å². The predicted molar refractivity (Wildman–Crippen MR) is 73.4 cm³/mol. The molecular weight excluding hydrogens is 226 g/mol. The summed E-state index contributed by atoms with van der Waals surface area (Å²) in [7, 11) is 0. The summed E-state index contributed by atoms with van der Waals surface area (Å²) < 4.78 is 6.08. The maximum atomic E-state index is 6.08. The molecule has 1 aromatic rings. The van der Waals surface area contributed by atoms with Crippen LogP contribution in [0.25, 0.3) is 0 Å². The largest absolute Gasteiger partial charge is 0.373 e. The Morgan fingerprint density at radius 1 is 1.17 bits per heavy atom. The number of hydrogen-bond donors (Lipinski definition) is 1. The third-order valence-corrected chi connectivity index (χ3v) is 3.48. The van der Waals surface area contributed by atoms with E-state index in [0.29, 0.717) is 0 Å². The summed E-state index contributed by atoms with van der Waals surface area (Å²) >= 11 is 0. The van der Waals surface area contributed by atoms with E-state index in [0.717, 1.165) is 31.6 Å². The molecule has 0 bridgehead atoms. The van der Waals surface area contributed by atoms with E-state index >= 15 is 0 Å². The van der Waals surface area contributed by atoms with Crippen LogP contribution in [0.3, 0.4) is 0 Å². The van der Waals surface area contributed by atoms with Gasteiger partial charge in [-0.2, -0.15) is 0 Å². The highest BCUT2D eigenvalue weighted by Crippen LogP contribution is 2.34. The van der Waals surface area contributed by atoms with Gasteiger partial charge in [0.2, 0.25) is 0 Å². The van der Waals surface area contributed by atoms with E-state index in [-0.39, 0.29) is 11.6 Å². The number of nitrogens with one attached hydrogen (secondary N) is 1. The Morgan fingerprint density at radius 3 is 2.22 bits per heavy atom. The fraction of sp³-hybridized carbons (Fsp3) is 0.714. The minimum atomic E-state index is -0.185. The normalized spacial score (nSPS) is 13.6. The first kappa shape index (κ1) is 15.1. The fourth-order valence-corrected chi connectivity index (χ4v) is 2.50. The van der Waals surface area contributed by atoms with Crippen molar-refractivity contribution in [2.24, 2.45) is 0 Å². The SMILES string of the molecule is CCNC(c1cncnc1)C(CC)(CC)OCC. The molecule has 1 N–H and O–H groups in total. The molecule has 0 aliphatic heterocycles. The molecule has 0 spiro atoms. The van der Waals surface area contributed by atoms with Gasteiger partial charge in [-0.25, -0.2) is 9.97 Å². The first-order valence-corrected chi connectivity index (χ1v) is 6.86. The summed E-state index contributed by atoms with van der Waals surface area (Å²) in [6.07, 6.45) is 7.24. The second kappa shape index (κ2) is 7.44. The summed E-state index contributed by atoms with van der Waals surface area (Å²) in [5.41, 5.74) is 0.909. The lowest BCUT2D eigenvalue weighted by atomic mass is 9.84. The number of hydrogen-bond acceptors (Lipinski definition) is 4. The first-order chi connectivity index (χ1) is 8.74. The van der Waals surface area contributed by atoms with Crippen LogP contribution in [0.5, 0.6) is 0 Å². The first-order valence-electron chi connectivity index (χ1n) is 6.86. The average Bonchev–Trinajstić information content (AvgIpc) is 2.44. The summed E-state index contributed by atoms with van der Waals surface area (Å²) in [5.74, 6) is 0. The van der Waals surface area contributed by atoms with Crippen LogP contribution in [-0.2, 0) is 4.74 Å². The summed E-state index contributed by atoms with van der Waals surface area (Å²) in [6.45, 7) is 10.1. The molecule has 1 unspecified atom stereocenters. The van der Waals surface area contributed by atoms with Crippen LogP contribution in [0.1, 0.15) is 52.1 Å². The van der Waals surface area contributed by atoms with Crippen molar-refractivity contribution in [1.82, 2.24) is 15.3 Å². The van der Waals surface area contributed by atoms with Gasteiger partial charge in [0, 0.05) is 24.6 Å². The zero-order chi connectivity index (χ0) is 13.4. The van der Waals surface area contributed by atoms with Crippen molar-refractivity contribution in [3.63, 3.8) is 0 Å². The Labute approximate surface area is 110 Å². The Kier molecular flexibility index (Phi) is 6.22. The average molecular weight is 251 g/mol.